The van der Waals surface area contributed by atoms with Crippen LogP contribution in [0.2, 0.25) is 0 Å². The maximum atomic E-state index is 13.1. The number of pyridine rings is 1. The van der Waals surface area contributed by atoms with Crippen LogP contribution in [0.4, 0.5) is 0 Å². The van der Waals surface area contributed by atoms with Gasteiger partial charge in [0.15, 0.2) is 5.82 Å². The summed E-state index contributed by atoms with van der Waals surface area (Å²) in [5.41, 5.74) is 4.18. The lowest BCUT2D eigenvalue weighted by atomic mass is 9.94. The number of allylic oxidation sites excluding steroid dienone is 3. The molecule has 184 valence electrons. The van der Waals surface area contributed by atoms with Crippen molar-refractivity contribution >= 4 is 11.6 Å². The van der Waals surface area contributed by atoms with Crippen molar-refractivity contribution in [3.63, 3.8) is 0 Å². The molecule has 3 aromatic heterocycles. The summed E-state index contributed by atoms with van der Waals surface area (Å²) in [6.07, 6.45) is 8.51. The fourth-order valence-electron chi connectivity index (χ4n) is 4.33. The van der Waals surface area contributed by atoms with E-state index in [0.717, 1.165) is 42.0 Å². The predicted molar refractivity (Wildman–Crippen MR) is 131 cm³/mol. The van der Waals surface area contributed by atoms with Crippen LogP contribution < -0.4 is 5.32 Å². The van der Waals surface area contributed by atoms with Crippen molar-refractivity contribution in [2.45, 2.75) is 65.2 Å². The van der Waals surface area contributed by atoms with E-state index in [1.807, 2.05) is 38.3 Å². The summed E-state index contributed by atoms with van der Waals surface area (Å²) in [5.74, 6) is 0.765. The number of hydrogen-bond donors (Lipinski definition) is 1. The van der Waals surface area contributed by atoms with E-state index in [0.29, 0.717) is 24.0 Å². The Bertz CT molecular complexity index is 1310. The van der Waals surface area contributed by atoms with Crippen molar-refractivity contribution in [1.82, 2.24) is 29.7 Å². The number of rotatable bonds is 6. The molecule has 0 radical (unpaired) electrons. The number of aryl methyl sites for hydroxylation is 1. The standard InChI is InChI=1S/C26H32N6O3/c1-16-6-9-22-27-11-21(32(22)12-16)25(33)28-20-10-18(8-7-17(20)2)24-29-23(35-30-24)15-34-19-13-31(14-19)26(3,4)5/h6-7,9-12,18-19H,8,13-15H2,1-5H3,(H,28,33). The average Bonchev–Trinajstić information content (AvgIpc) is 3.40. The fraction of sp³-hybridized carbons (Fsp3) is 0.462. The maximum Gasteiger partial charge on any atom is 0.274 e. The SMILES string of the molecule is CC1=CCC(c2noc(COC3CN(C(C)(C)C)C3)n2)C=C1NC(=O)c1cnc2ccc(C)cn12. The molecule has 1 fully saturated rings. The number of carbonyl (C=O) groups is 1. The van der Waals surface area contributed by atoms with E-state index in [9.17, 15) is 4.79 Å². The second-order valence-corrected chi connectivity index (χ2v) is 10.4. The lowest BCUT2D eigenvalue weighted by Crippen LogP contribution is -2.59. The summed E-state index contributed by atoms with van der Waals surface area (Å²) in [6, 6.07) is 3.87. The zero-order chi connectivity index (χ0) is 24.7. The van der Waals surface area contributed by atoms with Crippen LogP contribution in [0.3, 0.4) is 0 Å². The quantitative estimate of drug-likeness (QED) is 0.578. The zero-order valence-electron chi connectivity index (χ0n) is 20.9. The largest absolute Gasteiger partial charge is 0.366 e. The van der Waals surface area contributed by atoms with Crippen LogP contribution >= 0.6 is 0 Å². The highest BCUT2D eigenvalue weighted by Crippen LogP contribution is 2.29. The number of likely N-dealkylation sites (tertiary alicyclic amines) is 1. The Hall–Kier alpha value is -3.30. The van der Waals surface area contributed by atoms with Gasteiger partial charge in [-0.25, -0.2) is 4.98 Å². The molecule has 1 amide bonds. The maximum absolute atomic E-state index is 13.1. The number of carbonyl (C=O) groups excluding carboxylic acids is 1. The van der Waals surface area contributed by atoms with Gasteiger partial charge in [-0.15, -0.1) is 0 Å². The molecule has 1 aliphatic carbocycles. The monoisotopic (exact) mass is 476 g/mol. The molecule has 0 bridgehead atoms. The molecule has 9 nitrogen and oxygen atoms in total. The Kier molecular flexibility index (Phi) is 6.06. The Balaban J connectivity index is 1.23. The minimum absolute atomic E-state index is 0.0870. The Morgan fingerprint density at radius 1 is 1.26 bits per heavy atom. The van der Waals surface area contributed by atoms with Gasteiger partial charge in [0.1, 0.15) is 17.9 Å². The zero-order valence-corrected chi connectivity index (χ0v) is 20.9. The van der Waals surface area contributed by atoms with E-state index in [1.165, 1.54) is 0 Å². The van der Waals surface area contributed by atoms with Crippen molar-refractivity contribution in [3.8, 4) is 0 Å². The molecule has 4 heterocycles. The fourth-order valence-corrected chi connectivity index (χ4v) is 4.33. The first-order valence-electron chi connectivity index (χ1n) is 12.0. The second kappa shape index (κ2) is 9.05. The summed E-state index contributed by atoms with van der Waals surface area (Å²) in [6.45, 7) is 12.7. The topological polar surface area (TPSA) is 97.8 Å². The van der Waals surface area contributed by atoms with Gasteiger partial charge in [-0.3, -0.25) is 14.1 Å². The third-order valence-electron chi connectivity index (χ3n) is 6.66. The summed E-state index contributed by atoms with van der Waals surface area (Å²) >= 11 is 0. The van der Waals surface area contributed by atoms with Crippen LogP contribution in [0.15, 0.2) is 52.5 Å². The van der Waals surface area contributed by atoms with Crippen molar-refractivity contribution in [2.24, 2.45) is 0 Å². The molecule has 1 atom stereocenters. The van der Waals surface area contributed by atoms with Crippen molar-refractivity contribution in [1.29, 1.82) is 0 Å². The Labute approximate surface area is 204 Å². The van der Waals surface area contributed by atoms with Gasteiger partial charge in [-0.1, -0.05) is 17.3 Å². The molecule has 0 spiro atoms. The Morgan fingerprint density at radius 3 is 2.83 bits per heavy atom. The van der Waals surface area contributed by atoms with Gasteiger partial charge >= 0.3 is 0 Å². The van der Waals surface area contributed by atoms with Gasteiger partial charge < -0.3 is 14.6 Å². The number of nitrogens with one attached hydrogen (secondary N) is 1. The molecule has 1 saturated heterocycles. The van der Waals surface area contributed by atoms with E-state index >= 15 is 0 Å². The smallest absolute Gasteiger partial charge is 0.274 e. The molecule has 1 unspecified atom stereocenters. The highest BCUT2D eigenvalue weighted by Gasteiger charge is 2.35. The van der Waals surface area contributed by atoms with Crippen molar-refractivity contribution in [2.75, 3.05) is 13.1 Å². The number of amides is 1. The van der Waals surface area contributed by atoms with Crippen LogP contribution in [0.5, 0.6) is 0 Å². The molecule has 0 aromatic carbocycles. The van der Waals surface area contributed by atoms with Crippen LogP contribution in [-0.2, 0) is 11.3 Å². The third kappa shape index (κ3) is 4.92. The van der Waals surface area contributed by atoms with E-state index in [4.69, 9.17) is 9.26 Å². The molecular formula is C26H32N6O3. The highest BCUT2D eigenvalue weighted by molar-refractivity contribution is 5.94. The van der Waals surface area contributed by atoms with Gasteiger partial charge in [-0.2, -0.15) is 4.98 Å². The van der Waals surface area contributed by atoms with Crippen molar-refractivity contribution in [3.05, 3.63) is 70.9 Å². The van der Waals surface area contributed by atoms with Crippen LogP contribution in [0.1, 0.15) is 67.8 Å². The minimum atomic E-state index is -0.213. The van der Waals surface area contributed by atoms with Crippen LogP contribution in [0, 0.1) is 6.92 Å². The first-order chi connectivity index (χ1) is 16.7. The highest BCUT2D eigenvalue weighted by atomic mass is 16.5. The number of aromatic nitrogens is 4. The summed E-state index contributed by atoms with van der Waals surface area (Å²) in [4.78, 5) is 24.3. The van der Waals surface area contributed by atoms with Gasteiger partial charge in [0.05, 0.1) is 12.3 Å². The number of nitrogens with zero attached hydrogens (tertiary/aromatic N) is 5. The molecule has 1 N–H and O–H groups in total. The number of hydrogen-bond acceptors (Lipinski definition) is 7. The summed E-state index contributed by atoms with van der Waals surface area (Å²) in [5, 5.41) is 7.22. The minimum Gasteiger partial charge on any atom is -0.366 e. The molecule has 3 aromatic rings. The van der Waals surface area contributed by atoms with Gasteiger partial charge in [-0.05, 0) is 64.3 Å². The summed E-state index contributed by atoms with van der Waals surface area (Å²) in [7, 11) is 0. The molecule has 0 saturated carbocycles. The molecule has 1 aliphatic heterocycles. The molecular weight excluding hydrogens is 444 g/mol. The Morgan fingerprint density at radius 2 is 2.06 bits per heavy atom. The van der Waals surface area contributed by atoms with Gasteiger partial charge in [0.25, 0.3) is 11.8 Å². The van der Waals surface area contributed by atoms with Crippen LogP contribution in [-0.4, -0.2) is 55.1 Å². The molecule has 2 aliphatic rings. The average molecular weight is 477 g/mol. The van der Waals surface area contributed by atoms with E-state index in [-0.39, 0.29) is 23.5 Å². The van der Waals surface area contributed by atoms with Crippen molar-refractivity contribution < 1.29 is 14.1 Å². The number of ether oxygens (including phenoxy) is 1. The first kappa shape index (κ1) is 23.4. The van der Waals surface area contributed by atoms with Crippen LogP contribution in [0.25, 0.3) is 5.65 Å². The summed E-state index contributed by atoms with van der Waals surface area (Å²) < 4.78 is 13.2. The predicted octanol–water partition coefficient (Wildman–Crippen LogP) is 3.77. The number of imidazole rings is 1. The molecule has 35 heavy (non-hydrogen) atoms. The van der Waals surface area contributed by atoms with E-state index < -0.39 is 0 Å². The lowest BCUT2D eigenvalue weighted by molar-refractivity contribution is -0.0996. The normalized spacial score (nSPS) is 19.4. The second-order valence-electron chi connectivity index (χ2n) is 10.4. The first-order valence-corrected chi connectivity index (χ1v) is 12.0. The third-order valence-corrected chi connectivity index (χ3v) is 6.66. The number of fused-ring (bicyclic) bond motifs is 1. The van der Waals surface area contributed by atoms with Gasteiger partial charge in [0, 0.05) is 36.4 Å². The lowest BCUT2D eigenvalue weighted by Gasteiger charge is -2.47. The van der Waals surface area contributed by atoms with E-state index in [2.05, 4.69) is 52.2 Å². The molecule has 5 rings (SSSR count). The van der Waals surface area contributed by atoms with Gasteiger partial charge in [0.2, 0.25) is 0 Å². The molecule has 9 heteroatoms. The van der Waals surface area contributed by atoms with E-state index in [1.54, 1.807) is 10.6 Å².